The second-order valence-corrected chi connectivity index (χ2v) is 9.82. The van der Waals surface area contributed by atoms with Gasteiger partial charge in [0, 0.05) is 6.61 Å². The highest BCUT2D eigenvalue weighted by atomic mass is 16.5. The molecule has 4 saturated carbocycles. The second kappa shape index (κ2) is 6.01. The van der Waals surface area contributed by atoms with Crippen molar-refractivity contribution in [1.29, 1.82) is 5.26 Å². The van der Waals surface area contributed by atoms with Gasteiger partial charge in [0.2, 0.25) is 0 Å². The van der Waals surface area contributed by atoms with E-state index < -0.39 is 0 Å². The molecule has 2 nitrogen and oxygen atoms in total. The molecule has 134 valence electrons. The highest BCUT2D eigenvalue weighted by Gasteiger charge is 2.60. The van der Waals surface area contributed by atoms with E-state index in [1.165, 1.54) is 51.4 Å². The van der Waals surface area contributed by atoms with Gasteiger partial charge in [-0.25, -0.2) is 0 Å². The van der Waals surface area contributed by atoms with Gasteiger partial charge in [0.25, 0.3) is 0 Å². The molecule has 2 heteroatoms. The molecule has 24 heavy (non-hydrogen) atoms. The van der Waals surface area contributed by atoms with Crippen LogP contribution in [-0.2, 0) is 4.74 Å². The third-order valence-electron chi connectivity index (χ3n) is 9.13. The Morgan fingerprint density at radius 1 is 0.958 bits per heavy atom. The van der Waals surface area contributed by atoms with Crippen LogP contribution in [0, 0.1) is 51.8 Å². The summed E-state index contributed by atoms with van der Waals surface area (Å²) >= 11 is 0. The SMILES string of the molecule is CCOC1CCC2CCC3C4CCC(C#N)C4(C)CCC3C2(C)C1. The van der Waals surface area contributed by atoms with Crippen molar-refractivity contribution in [2.24, 2.45) is 40.4 Å². The van der Waals surface area contributed by atoms with E-state index in [1.807, 2.05) is 0 Å². The zero-order chi connectivity index (χ0) is 16.9. The van der Waals surface area contributed by atoms with Gasteiger partial charge in [0.1, 0.15) is 0 Å². The largest absolute Gasteiger partial charge is 0.378 e. The maximum Gasteiger partial charge on any atom is 0.0661 e. The molecule has 4 rings (SSSR count). The molecule has 0 bridgehead atoms. The average molecular weight is 330 g/mol. The Kier molecular flexibility index (Phi) is 4.23. The summed E-state index contributed by atoms with van der Waals surface area (Å²) in [5.41, 5.74) is 0.806. The van der Waals surface area contributed by atoms with E-state index in [0.29, 0.717) is 22.9 Å². The van der Waals surface area contributed by atoms with Crippen molar-refractivity contribution < 1.29 is 4.74 Å². The Balaban J connectivity index is 1.59. The molecule has 4 aliphatic carbocycles. The molecule has 0 saturated heterocycles. The van der Waals surface area contributed by atoms with E-state index in [1.54, 1.807) is 0 Å². The summed E-state index contributed by atoms with van der Waals surface area (Å²) in [5.74, 6) is 3.81. The van der Waals surface area contributed by atoms with Crippen LogP contribution in [0.25, 0.3) is 0 Å². The zero-order valence-electron chi connectivity index (χ0n) is 15.9. The molecular weight excluding hydrogens is 294 g/mol. The minimum absolute atomic E-state index is 0.313. The van der Waals surface area contributed by atoms with Crippen LogP contribution in [-0.4, -0.2) is 12.7 Å². The summed E-state index contributed by atoms with van der Waals surface area (Å²) in [5, 5.41) is 9.63. The lowest BCUT2D eigenvalue weighted by Crippen LogP contribution is -2.54. The van der Waals surface area contributed by atoms with E-state index in [0.717, 1.165) is 36.7 Å². The van der Waals surface area contributed by atoms with Gasteiger partial charge in [-0.2, -0.15) is 5.26 Å². The molecule has 8 atom stereocenters. The van der Waals surface area contributed by atoms with Crippen LogP contribution >= 0.6 is 0 Å². The van der Waals surface area contributed by atoms with E-state index in [4.69, 9.17) is 4.74 Å². The third kappa shape index (κ3) is 2.30. The van der Waals surface area contributed by atoms with Gasteiger partial charge >= 0.3 is 0 Å². The van der Waals surface area contributed by atoms with Crippen molar-refractivity contribution >= 4 is 0 Å². The number of nitriles is 1. The lowest BCUT2D eigenvalue weighted by molar-refractivity contribution is -0.136. The summed E-state index contributed by atoms with van der Waals surface area (Å²) in [7, 11) is 0. The number of nitrogens with zero attached hydrogens (tertiary/aromatic N) is 1. The predicted molar refractivity (Wildman–Crippen MR) is 96.2 cm³/mol. The first-order valence-electron chi connectivity index (χ1n) is 10.5. The highest BCUT2D eigenvalue weighted by molar-refractivity contribution is 5.12. The van der Waals surface area contributed by atoms with Gasteiger partial charge in [-0.05, 0) is 99.2 Å². The molecule has 0 heterocycles. The van der Waals surface area contributed by atoms with Gasteiger partial charge < -0.3 is 4.74 Å². The summed E-state index contributed by atoms with van der Waals surface area (Å²) in [4.78, 5) is 0. The first-order valence-corrected chi connectivity index (χ1v) is 10.5. The standard InChI is InChI=1S/C22H35NO/c1-4-24-17-8-5-15-6-9-18-19-10-7-16(14-23)21(19,2)12-11-20(18)22(15,3)13-17/h15-20H,4-13H2,1-3H3. The molecule has 4 fully saturated rings. The van der Waals surface area contributed by atoms with E-state index in [9.17, 15) is 5.26 Å². The molecule has 0 amide bonds. The lowest BCUT2D eigenvalue weighted by atomic mass is 9.44. The maximum atomic E-state index is 9.63. The van der Waals surface area contributed by atoms with Crippen LogP contribution in [0.15, 0.2) is 0 Å². The van der Waals surface area contributed by atoms with Crippen molar-refractivity contribution in [3.8, 4) is 6.07 Å². The Labute approximate surface area is 148 Å². The molecule has 0 spiro atoms. The molecule has 0 aromatic rings. The lowest BCUT2D eigenvalue weighted by Gasteiger charge is -2.61. The van der Waals surface area contributed by atoms with Gasteiger partial charge in [-0.1, -0.05) is 13.8 Å². The molecular formula is C22H35NO. The van der Waals surface area contributed by atoms with Crippen molar-refractivity contribution in [3.05, 3.63) is 0 Å². The average Bonchev–Trinajstić information content (AvgIpc) is 2.90. The van der Waals surface area contributed by atoms with Crippen LogP contribution in [0.5, 0.6) is 0 Å². The number of hydrogen-bond acceptors (Lipinski definition) is 2. The molecule has 4 aliphatic rings. The summed E-state index contributed by atoms with van der Waals surface area (Å²) < 4.78 is 6.07. The zero-order valence-corrected chi connectivity index (χ0v) is 15.9. The normalized spacial score (nSPS) is 53.6. The number of hydrogen-bond donors (Lipinski definition) is 0. The first kappa shape index (κ1) is 16.9. The Morgan fingerprint density at radius 2 is 1.71 bits per heavy atom. The molecule has 0 N–H and O–H groups in total. The Bertz CT molecular complexity index is 525. The van der Waals surface area contributed by atoms with E-state index in [-0.39, 0.29) is 0 Å². The van der Waals surface area contributed by atoms with Gasteiger partial charge in [0.05, 0.1) is 18.1 Å². The number of rotatable bonds is 2. The molecule has 0 aliphatic heterocycles. The number of ether oxygens (including phenoxy) is 1. The minimum Gasteiger partial charge on any atom is -0.378 e. The van der Waals surface area contributed by atoms with Crippen LogP contribution in [0.3, 0.4) is 0 Å². The fraction of sp³-hybridized carbons (Fsp3) is 0.955. The Morgan fingerprint density at radius 3 is 2.46 bits per heavy atom. The second-order valence-electron chi connectivity index (χ2n) is 9.82. The quantitative estimate of drug-likeness (QED) is 0.663. The molecule has 0 aromatic carbocycles. The fourth-order valence-electron chi connectivity index (χ4n) is 7.90. The van der Waals surface area contributed by atoms with Gasteiger partial charge in [-0.3, -0.25) is 0 Å². The van der Waals surface area contributed by atoms with E-state index in [2.05, 4.69) is 26.8 Å². The molecule has 0 aromatic heterocycles. The van der Waals surface area contributed by atoms with Crippen molar-refractivity contribution in [2.75, 3.05) is 6.61 Å². The van der Waals surface area contributed by atoms with Crippen molar-refractivity contribution in [2.45, 2.75) is 84.7 Å². The topological polar surface area (TPSA) is 33.0 Å². The fourth-order valence-corrected chi connectivity index (χ4v) is 7.90. The summed E-state index contributed by atoms with van der Waals surface area (Å²) in [6.07, 6.45) is 12.4. The predicted octanol–water partition coefficient (Wildman–Crippen LogP) is 5.57. The maximum absolute atomic E-state index is 9.63. The summed E-state index contributed by atoms with van der Waals surface area (Å²) in [6.45, 7) is 8.07. The van der Waals surface area contributed by atoms with Crippen LogP contribution < -0.4 is 0 Å². The van der Waals surface area contributed by atoms with Gasteiger partial charge in [0.15, 0.2) is 0 Å². The van der Waals surface area contributed by atoms with Crippen LogP contribution in [0.4, 0.5) is 0 Å². The third-order valence-corrected chi connectivity index (χ3v) is 9.13. The summed E-state index contributed by atoms with van der Waals surface area (Å²) in [6, 6.07) is 2.67. The van der Waals surface area contributed by atoms with Gasteiger partial charge in [-0.15, -0.1) is 0 Å². The highest BCUT2D eigenvalue weighted by Crippen LogP contribution is 2.67. The van der Waals surface area contributed by atoms with Crippen LogP contribution in [0.1, 0.15) is 78.6 Å². The number of fused-ring (bicyclic) bond motifs is 5. The molecule has 8 unspecified atom stereocenters. The first-order chi connectivity index (χ1) is 11.5. The monoisotopic (exact) mass is 329 g/mol. The molecule has 0 radical (unpaired) electrons. The van der Waals surface area contributed by atoms with E-state index >= 15 is 0 Å². The van der Waals surface area contributed by atoms with Crippen molar-refractivity contribution in [3.63, 3.8) is 0 Å². The van der Waals surface area contributed by atoms with Crippen LogP contribution in [0.2, 0.25) is 0 Å². The minimum atomic E-state index is 0.313. The smallest absolute Gasteiger partial charge is 0.0661 e. The Hall–Kier alpha value is -0.550. The van der Waals surface area contributed by atoms with Crippen molar-refractivity contribution in [1.82, 2.24) is 0 Å².